The van der Waals surface area contributed by atoms with Gasteiger partial charge in [0.05, 0.1) is 0 Å². The van der Waals surface area contributed by atoms with E-state index in [9.17, 15) is 9.59 Å². The molecule has 1 aromatic carbocycles. The summed E-state index contributed by atoms with van der Waals surface area (Å²) < 4.78 is 0. The molecule has 0 aliphatic heterocycles. The Balaban J connectivity index is 2.14. The molecule has 0 saturated heterocycles. The summed E-state index contributed by atoms with van der Waals surface area (Å²) in [4.78, 5) is 23.8. The number of hydrogen-bond acceptors (Lipinski definition) is 2. The molecule has 4 rings (SSSR count). The van der Waals surface area contributed by atoms with Gasteiger partial charge in [0.1, 0.15) is 0 Å². The third-order valence-electron chi connectivity index (χ3n) is 3.54. The zero-order chi connectivity index (χ0) is 12.3. The zero-order valence-electron chi connectivity index (χ0n) is 9.44. The van der Waals surface area contributed by atoms with E-state index in [4.69, 9.17) is 0 Å². The van der Waals surface area contributed by atoms with Gasteiger partial charge in [-0.3, -0.25) is 9.59 Å². The second kappa shape index (κ2) is 3.05. The van der Waals surface area contributed by atoms with Crippen molar-refractivity contribution in [3.63, 3.8) is 0 Å². The Morgan fingerprint density at radius 3 is 2.39 bits per heavy atom. The highest BCUT2D eigenvalue weighted by molar-refractivity contribution is 6.36. The Morgan fingerprint density at radius 1 is 0.778 bits per heavy atom. The molecule has 0 atom stereocenters. The summed E-state index contributed by atoms with van der Waals surface area (Å²) in [5.74, 6) is 0.00570. The number of allylic oxidation sites excluding steroid dienone is 8. The molecular formula is C16H8O2. The van der Waals surface area contributed by atoms with E-state index in [2.05, 4.69) is 0 Å². The molecule has 0 unspecified atom stereocenters. The van der Waals surface area contributed by atoms with Gasteiger partial charge in [-0.25, -0.2) is 0 Å². The standard InChI is InChI=1S/C16H8O2/c17-10-7-9-5-6-14(18)16-12-4-2-1-3-11(12)13(8-10)15(9)16/h1-8H. The van der Waals surface area contributed by atoms with Crippen LogP contribution in [0.1, 0.15) is 11.1 Å². The average molecular weight is 232 g/mol. The number of hydrogen-bond donors (Lipinski definition) is 0. The van der Waals surface area contributed by atoms with Gasteiger partial charge in [-0.1, -0.05) is 30.3 Å². The van der Waals surface area contributed by atoms with E-state index in [0.29, 0.717) is 0 Å². The van der Waals surface area contributed by atoms with Crippen LogP contribution in [-0.4, -0.2) is 11.6 Å². The Kier molecular flexibility index (Phi) is 1.61. The van der Waals surface area contributed by atoms with Crippen molar-refractivity contribution in [3.05, 3.63) is 70.8 Å². The molecule has 3 aliphatic carbocycles. The van der Waals surface area contributed by atoms with Gasteiger partial charge in [-0.05, 0) is 40.5 Å². The largest absolute Gasteiger partial charge is 0.290 e. The number of carbonyl (C=O) groups excluding carboxylic acids is 2. The molecule has 0 aromatic heterocycles. The Labute approximate surface area is 104 Å². The van der Waals surface area contributed by atoms with E-state index in [1.54, 1.807) is 24.3 Å². The average Bonchev–Trinajstić information content (AvgIpc) is 2.70. The first-order valence-corrected chi connectivity index (χ1v) is 5.80. The fraction of sp³-hybridized carbons (Fsp3) is 0. The fourth-order valence-corrected chi connectivity index (χ4v) is 2.84. The third kappa shape index (κ3) is 1.02. The molecule has 3 aliphatic rings. The number of benzene rings is 1. The van der Waals surface area contributed by atoms with Crippen LogP contribution in [0.4, 0.5) is 0 Å². The molecule has 2 nitrogen and oxygen atoms in total. The quantitative estimate of drug-likeness (QED) is 0.688. The van der Waals surface area contributed by atoms with Crippen LogP contribution in [0.25, 0.3) is 11.1 Å². The van der Waals surface area contributed by atoms with E-state index >= 15 is 0 Å². The molecule has 0 bridgehead atoms. The van der Waals surface area contributed by atoms with Crippen molar-refractivity contribution in [1.82, 2.24) is 0 Å². The molecule has 84 valence electrons. The maximum atomic E-state index is 12.1. The summed E-state index contributed by atoms with van der Waals surface area (Å²) in [6, 6.07) is 7.75. The van der Waals surface area contributed by atoms with Gasteiger partial charge in [0.25, 0.3) is 0 Å². The summed E-state index contributed by atoms with van der Waals surface area (Å²) in [5, 5.41) is 0. The first-order valence-electron chi connectivity index (χ1n) is 5.80. The van der Waals surface area contributed by atoms with Crippen molar-refractivity contribution in [2.24, 2.45) is 0 Å². The minimum Gasteiger partial charge on any atom is -0.290 e. The molecule has 1 aromatic rings. The second-order valence-corrected chi connectivity index (χ2v) is 4.55. The summed E-state index contributed by atoms with van der Waals surface area (Å²) in [6.07, 6.45) is 6.49. The minimum atomic E-state index is -0.0150. The van der Waals surface area contributed by atoms with Gasteiger partial charge < -0.3 is 0 Å². The van der Waals surface area contributed by atoms with Gasteiger partial charge in [0.15, 0.2) is 11.6 Å². The van der Waals surface area contributed by atoms with Crippen molar-refractivity contribution >= 4 is 22.7 Å². The van der Waals surface area contributed by atoms with E-state index in [0.717, 1.165) is 33.4 Å². The monoisotopic (exact) mass is 232 g/mol. The molecule has 18 heavy (non-hydrogen) atoms. The van der Waals surface area contributed by atoms with Crippen LogP contribution in [0, 0.1) is 0 Å². The van der Waals surface area contributed by atoms with Crippen LogP contribution in [0.5, 0.6) is 0 Å². The number of ketones is 2. The van der Waals surface area contributed by atoms with Crippen molar-refractivity contribution < 1.29 is 9.59 Å². The Morgan fingerprint density at radius 2 is 1.56 bits per heavy atom. The highest BCUT2D eigenvalue weighted by Gasteiger charge is 2.34. The lowest BCUT2D eigenvalue weighted by Crippen LogP contribution is -2.08. The highest BCUT2D eigenvalue weighted by atomic mass is 16.1. The molecule has 0 amide bonds. The molecule has 0 N–H and O–H groups in total. The highest BCUT2D eigenvalue weighted by Crippen LogP contribution is 2.48. The summed E-state index contributed by atoms with van der Waals surface area (Å²) in [5.41, 5.74) is 5.32. The van der Waals surface area contributed by atoms with Crippen molar-refractivity contribution in [2.45, 2.75) is 0 Å². The number of fused-ring (bicyclic) bond motifs is 3. The maximum Gasteiger partial charge on any atom is 0.187 e. The molecule has 0 saturated carbocycles. The van der Waals surface area contributed by atoms with Crippen molar-refractivity contribution in [3.8, 4) is 0 Å². The molecular weight excluding hydrogens is 224 g/mol. The molecule has 0 spiro atoms. The molecule has 0 fully saturated rings. The van der Waals surface area contributed by atoms with E-state index in [1.165, 1.54) is 0 Å². The predicted octanol–water partition coefficient (Wildman–Crippen LogP) is 2.49. The van der Waals surface area contributed by atoms with Crippen LogP contribution < -0.4 is 0 Å². The van der Waals surface area contributed by atoms with Crippen LogP contribution in [-0.2, 0) is 9.59 Å². The lowest BCUT2D eigenvalue weighted by molar-refractivity contribution is -0.111. The van der Waals surface area contributed by atoms with Crippen LogP contribution >= 0.6 is 0 Å². The van der Waals surface area contributed by atoms with Gasteiger partial charge in [0, 0.05) is 11.1 Å². The zero-order valence-corrected chi connectivity index (χ0v) is 9.44. The Bertz CT molecular complexity index is 755. The minimum absolute atomic E-state index is 0.0150. The lowest BCUT2D eigenvalue weighted by Gasteiger charge is -2.16. The molecule has 0 radical (unpaired) electrons. The van der Waals surface area contributed by atoms with Gasteiger partial charge in [0.2, 0.25) is 0 Å². The summed E-state index contributed by atoms with van der Waals surface area (Å²) >= 11 is 0. The van der Waals surface area contributed by atoms with Crippen LogP contribution in [0.2, 0.25) is 0 Å². The van der Waals surface area contributed by atoms with Crippen molar-refractivity contribution in [1.29, 1.82) is 0 Å². The third-order valence-corrected chi connectivity index (χ3v) is 3.54. The van der Waals surface area contributed by atoms with E-state index < -0.39 is 0 Å². The topological polar surface area (TPSA) is 34.1 Å². The number of carbonyl (C=O) groups is 2. The molecule has 0 heterocycles. The second-order valence-electron chi connectivity index (χ2n) is 4.55. The fourth-order valence-electron chi connectivity index (χ4n) is 2.84. The summed E-state index contributed by atoms with van der Waals surface area (Å²) in [6.45, 7) is 0. The van der Waals surface area contributed by atoms with Crippen LogP contribution in [0.3, 0.4) is 0 Å². The van der Waals surface area contributed by atoms with Crippen molar-refractivity contribution in [2.75, 3.05) is 0 Å². The first-order chi connectivity index (χ1) is 8.75. The van der Waals surface area contributed by atoms with Gasteiger partial charge >= 0.3 is 0 Å². The van der Waals surface area contributed by atoms with E-state index in [-0.39, 0.29) is 11.6 Å². The predicted molar refractivity (Wildman–Crippen MR) is 68.6 cm³/mol. The van der Waals surface area contributed by atoms with Crippen LogP contribution in [0.15, 0.2) is 59.7 Å². The summed E-state index contributed by atoms with van der Waals surface area (Å²) in [7, 11) is 0. The van der Waals surface area contributed by atoms with Gasteiger partial charge in [-0.2, -0.15) is 0 Å². The first kappa shape index (κ1) is 9.54. The SMILES string of the molecule is O=C1C=C2C=CC(=O)C3=C2C(=C1)c1ccccc13. The number of rotatable bonds is 0. The molecule has 2 heteroatoms. The smallest absolute Gasteiger partial charge is 0.187 e. The van der Waals surface area contributed by atoms with E-state index in [1.807, 2.05) is 24.3 Å². The lowest BCUT2D eigenvalue weighted by atomic mass is 9.86. The maximum absolute atomic E-state index is 12.1. The normalized spacial score (nSPS) is 19.6. The van der Waals surface area contributed by atoms with Gasteiger partial charge in [-0.15, -0.1) is 0 Å². The Hall–Kier alpha value is -2.48.